The number of unbranched alkanes of at least 4 members (excludes halogenated alkanes) is 18. The average molecular weight is 506 g/mol. The summed E-state index contributed by atoms with van der Waals surface area (Å²) in [6, 6.07) is 0.585. The van der Waals surface area contributed by atoms with Crippen LogP contribution in [0.4, 0.5) is 0 Å². The number of allylic oxidation sites excluding steroid dienone is 4. The molecular formula is C34H67NO. The number of likely N-dealkylation sites (N-methyl/N-ethyl adjacent to an activating group) is 1. The molecule has 214 valence electrons. The third-order valence-corrected chi connectivity index (χ3v) is 7.42. The Bertz CT molecular complexity index is 456. The van der Waals surface area contributed by atoms with E-state index in [9.17, 15) is 0 Å². The molecule has 2 heteroatoms. The van der Waals surface area contributed by atoms with Crippen molar-refractivity contribution in [2.75, 3.05) is 27.3 Å². The van der Waals surface area contributed by atoms with Crippen LogP contribution in [0.2, 0.25) is 0 Å². The van der Waals surface area contributed by atoms with Crippen LogP contribution < -0.4 is 0 Å². The minimum atomic E-state index is 0.585. The second-order valence-electron chi connectivity index (χ2n) is 11.2. The van der Waals surface area contributed by atoms with Crippen LogP contribution in [0.3, 0.4) is 0 Å². The molecule has 36 heavy (non-hydrogen) atoms. The van der Waals surface area contributed by atoms with Gasteiger partial charge in [-0.1, -0.05) is 141 Å². The highest BCUT2D eigenvalue weighted by atomic mass is 16.5. The maximum atomic E-state index is 6.05. The fourth-order valence-corrected chi connectivity index (χ4v) is 4.77. The Kier molecular flexibility index (Phi) is 30.1. The molecule has 0 aliphatic heterocycles. The van der Waals surface area contributed by atoms with Crippen molar-refractivity contribution in [3.05, 3.63) is 24.3 Å². The first-order valence-corrected chi connectivity index (χ1v) is 16.3. The Morgan fingerprint density at radius 1 is 0.528 bits per heavy atom. The molecule has 0 bridgehead atoms. The molecule has 0 rings (SSSR count). The number of rotatable bonds is 29. The quantitative estimate of drug-likeness (QED) is 0.0740. The lowest BCUT2D eigenvalue weighted by molar-refractivity contribution is 0.0721. The Morgan fingerprint density at radius 3 is 1.53 bits per heavy atom. The Morgan fingerprint density at radius 2 is 0.972 bits per heavy atom. The van der Waals surface area contributed by atoms with Crippen LogP contribution in [0, 0.1) is 0 Å². The van der Waals surface area contributed by atoms with E-state index in [1.165, 1.54) is 141 Å². The van der Waals surface area contributed by atoms with Crippen molar-refractivity contribution in [3.63, 3.8) is 0 Å². The predicted octanol–water partition coefficient (Wildman–Crippen LogP) is 11.1. The van der Waals surface area contributed by atoms with Crippen LogP contribution in [0.15, 0.2) is 24.3 Å². The Hall–Kier alpha value is -0.600. The summed E-state index contributed by atoms with van der Waals surface area (Å²) in [5, 5.41) is 0. The summed E-state index contributed by atoms with van der Waals surface area (Å²) in [7, 11) is 4.43. The zero-order valence-electron chi connectivity index (χ0n) is 25.4. The molecule has 0 spiro atoms. The standard InChI is InChI=1S/C34H67NO/c1-5-7-9-11-13-15-16-17-18-19-20-21-22-23-25-27-29-31-34(35(3)4)33-36-32-30-28-26-24-14-12-10-8-6-2/h13,15,17-18,34H,5-12,14,16,19-33H2,1-4H3/b15-13-,18-17-/t34-/m0/s1. The summed E-state index contributed by atoms with van der Waals surface area (Å²) in [6.45, 7) is 6.42. The van der Waals surface area contributed by atoms with Gasteiger partial charge < -0.3 is 9.64 Å². The minimum absolute atomic E-state index is 0.585. The van der Waals surface area contributed by atoms with Crippen molar-refractivity contribution >= 4 is 0 Å². The number of hydrogen-bond donors (Lipinski definition) is 0. The molecule has 1 atom stereocenters. The number of ether oxygens (including phenoxy) is 1. The molecule has 0 aromatic heterocycles. The van der Waals surface area contributed by atoms with Crippen molar-refractivity contribution in [2.45, 2.75) is 168 Å². The number of hydrogen-bond acceptors (Lipinski definition) is 2. The van der Waals surface area contributed by atoms with Crippen LogP contribution in [0.1, 0.15) is 162 Å². The van der Waals surface area contributed by atoms with E-state index in [0.29, 0.717) is 6.04 Å². The third-order valence-electron chi connectivity index (χ3n) is 7.42. The monoisotopic (exact) mass is 506 g/mol. The molecule has 0 radical (unpaired) electrons. The Labute approximate surface area is 228 Å². The molecule has 0 aromatic rings. The molecule has 0 amide bonds. The summed E-state index contributed by atoms with van der Waals surface area (Å²) in [5.41, 5.74) is 0. The van der Waals surface area contributed by atoms with Crippen molar-refractivity contribution < 1.29 is 4.74 Å². The van der Waals surface area contributed by atoms with Crippen LogP contribution >= 0.6 is 0 Å². The molecular weight excluding hydrogens is 438 g/mol. The van der Waals surface area contributed by atoms with Gasteiger partial charge in [0.05, 0.1) is 6.61 Å². The molecule has 0 N–H and O–H groups in total. The van der Waals surface area contributed by atoms with Gasteiger partial charge in [-0.2, -0.15) is 0 Å². The largest absolute Gasteiger partial charge is 0.380 e. The second-order valence-corrected chi connectivity index (χ2v) is 11.2. The van der Waals surface area contributed by atoms with E-state index < -0.39 is 0 Å². The number of nitrogens with zero attached hydrogens (tertiary/aromatic N) is 1. The molecule has 0 fully saturated rings. The molecule has 2 nitrogen and oxygen atoms in total. The van der Waals surface area contributed by atoms with Crippen LogP contribution in [-0.2, 0) is 4.74 Å². The highest BCUT2D eigenvalue weighted by Crippen LogP contribution is 2.14. The summed E-state index contributed by atoms with van der Waals surface area (Å²) in [4.78, 5) is 2.37. The third kappa shape index (κ3) is 28.0. The van der Waals surface area contributed by atoms with Gasteiger partial charge in [-0.25, -0.2) is 0 Å². The van der Waals surface area contributed by atoms with Gasteiger partial charge in [-0.15, -0.1) is 0 Å². The van der Waals surface area contributed by atoms with Crippen molar-refractivity contribution in [3.8, 4) is 0 Å². The molecule has 0 saturated heterocycles. The van der Waals surface area contributed by atoms with E-state index >= 15 is 0 Å². The Balaban J connectivity index is 3.46. The van der Waals surface area contributed by atoms with Crippen molar-refractivity contribution in [1.82, 2.24) is 4.90 Å². The molecule has 0 saturated carbocycles. The molecule has 0 unspecified atom stereocenters. The van der Waals surface area contributed by atoms with Gasteiger partial charge in [-0.05, 0) is 59.0 Å². The summed E-state index contributed by atoms with van der Waals surface area (Å²) >= 11 is 0. The van der Waals surface area contributed by atoms with E-state index in [0.717, 1.165) is 19.6 Å². The van der Waals surface area contributed by atoms with Gasteiger partial charge in [0.15, 0.2) is 0 Å². The normalized spacial score (nSPS) is 13.0. The van der Waals surface area contributed by atoms with Gasteiger partial charge >= 0.3 is 0 Å². The van der Waals surface area contributed by atoms with Crippen LogP contribution in [0.5, 0.6) is 0 Å². The smallest absolute Gasteiger partial charge is 0.0621 e. The van der Waals surface area contributed by atoms with E-state index in [1.54, 1.807) is 0 Å². The van der Waals surface area contributed by atoms with Gasteiger partial charge in [0, 0.05) is 12.6 Å². The first-order chi connectivity index (χ1) is 17.7. The van der Waals surface area contributed by atoms with Gasteiger partial charge in [0.2, 0.25) is 0 Å². The van der Waals surface area contributed by atoms with Crippen molar-refractivity contribution in [1.29, 1.82) is 0 Å². The lowest BCUT2D eigenvalue weighted by Gasteiger charge is -2.24. The summed E-state index contributed by atoms with van der Waals surface area (Å²) < 4.78 is 6.05. The van der Waals surface area contributed by atoms with Gasteiger partial charge in [0.1, 0.15) is 0 Å². The summed E-state index contributed by atoms with van der Waals surface area (Å²) in [6.07, 6.45) is 40.5. The lowest BCUT2D eigenvalue weighted by Crippen LogP contribution is -2.32. The molecule has 0 aliphatic carbocycles. The first-order valence-electron chi connectivity index (χ1n) is 16.3. The van der Waals surface area contributed by atoms with E-state index in [-0.39, 0.29) is 0 Å². The van der Waals surface area contributed by atoms with Crippen molar-refractivity contribution in [2.24, 2.45) is 0 Å². The predicted molar refractivity (Wildman–Crippen MR) is 164 cm³/mol. The average Bonchev–Trinajstić information content (AvgIpc) is 2.87. The lowest BCUT2D eigenvalue weighted by atomic mass is 10.0. The molecule has 0 aliphatic rings. The fourth-order valence-electron chi connectivity index (χ4n) is 4.77. The fraction of sp³-hybridized carbons (Fsp3) is 0.882. The zero-order valence-corrected chi connectivity index (χ0v) is 25.4. The molecule has 0 aromatic carbocycles. The SMILES string of the molecule is CCCCC/C=C\C/C=C\CCCCCCCCC[C@@H](COCCCCCCCCCCC)N(C)C. The maximum Gasteiger partial charge on any atom is 0.0621 e. The van der Waals surface area contributed by atoms with E-state index in [4.69, 9.17) is 4.74 Å². The minimum Gasteiger partial charge on any atom is -0.380 e. The highest BCUT2D eigenvalue weighted by Gasteiger charge is 2.11. The van der Waals surface area contributed by atoms with Gasteiger partial charge in [0.25, 0.3) is 0 Å². The topological polar surface area (TPSA) is 12.5 Å². The molecule has 0 heterocycles. The maximum absolute atomic E-state index is 6.05. The summed E-state index contributed by atoms with van der Waals surface area (Å²) in [5.74, 6) is 0. The van der Waals surface area contributed by atoms with Crippen LogP contribution in [0.25, 0.3) is 0 Å². The zero-order chi connectivity index (χ0) is 26.4. The second kappa shape index (κ2) is 30.6. The van der Waals surface area contributed by atoms with E-state index in [2.05, 4.69) is 57.1 Å². The van der Waals surface area contributed by atoms with Gasteiger partial charge in [-0.3, -0.25) is 0 Å². The first kappa shape index (κ1) is 35.4. The van der Waals surface area contributed by atoms with E-state index in [1.807, 2.05) is 0 Å². The highest BCUT2D eigenvalue weighted by molar-refractivity contribution is 4.92. The van der Waals surface area contributed by atoms with Crippen LogP contribution in [-0.4, -0.2) is 38.3 Å².